The lowest BCUT2D eigenvalue weighted by molar-refractivity contribution is -0.114. The number of ether oxygens (including phenoxy) is 1. The van der Waals surface area contributed by atoms with E-state index in [9.17, 15) is 14.4 Å². The Balaban J connectivity index is 1.67. The molecule has 0 bridgehead atoms. The van der Waals surface area contributed by atoms with Gasteiger partial charge in [-0.1, -0.05) is 36.4 Å². The molecule has 1 heterocycles. The van der Waals surface area contributed by atoms with Crippen molar-refractivity contribution in [3.63, 3.8) is 0 Å². The van der Waals surface area contributed by atoms with Crippen LogP contribution >= 0.6 is 0 Å². The standard InChI is InChI=1S/C24H24N2O4/c1-16-12-22(17(2)26(16)14-19-8-5-4-6-9-19)23(28)15-30-24(29)20-10-7-11-21(13-20)25-18(3)27/h4-13H,14-15H2,1-3H3,(H,25,27). The van der Waals surface area contributed by atoms with Crippen LogP contribution in [0.4, 0.5) is 5.69 Å². The highest BCUT2D eigenvalue weighted by Crippen LogP contribution is 2.18. The third kappa shape index (κ3) is 5.03. The SMILES string of the molecule is CC(=O)Nc1cccc(C(=O)OCC(=O)c2cc(C)n(Cc3ccccc3)c2C)c1. The van der Waals surface area contributed by atoms with Crippen LogP contribution in [0.1, 0.15) is 44.6 Å². The second-order valence-corrected chi connectivity index (χ2v) is 7.12. The molecule has 3 rings (SSSR count). The first-order chi connectivity index (χ1) is 14.3. The van der Waals surface area contributed by atoms with Crippen LogP contribution < -0.4 is 5.32 Å². The monoisotopic (exact) mass is 404 g/mol. The van der Waals surface area contributed by atoms with Gasteiger partial charge in [0.05, 0.1) is 5.56 Å². The lowest BCUT2D eigenvalue weighted by Crippen LogP contribution is -2.15. The third-order valence-electron chi connectivity index (χ3n) is 4.81. The molecule has 2 aromatic carbocycles. The number of hydrogen-bond acceptors (Lipinski definition) is 4. The summed E-state index contributed by atoms with van der Waals surface area (Å²) < 4.78 is 7.29. The van der Waals surface area contributed by atoms with Gasteiger partial charge in [-0.15, -0.1) is 0 Å². The van der Waals surface area contributed by atoms with Gasteiger partial charge >= 0.3 is 5.97 Å². The molecule has 1 aromatic heterocycles. The molecule has 0 saturated carbocycles. The average molecular weight is 404 g/mol. The quantitative estimate of drug-likeness (QED) is 0.474. The number of nitrogens with one attached hydrogen (secondary N) is 1. The van der Waals surface area contributed by atoms with Gasteiger partial charge in [0.25, 0.3) is 0 Å². The number of aromatic nitrogens is 1. The van der Waals surface area contributed by atoms with E-state index in [1.807, 2.05) is 50.2 Å². The minimum absolute atomic E-state index is 0.235. The molecule has 0 unspecified atom stereocenters. The zero-order chi connectivity index (χ0) is 21.7. The Kier molecular flexibility index (Phi) is 6.47. The first-order valence-corrected chi connectivity index (χ1v) is 9.64. The first kappa shape index (κ1) is 21.0. The Labute approximate surface area is 175 Å². The number of esters is 1. The van der Waals surface area contributed by atoms with Crippen molar-refractivity contribution in [2.45, 2.75) is 27.3 Å². The van der Waals surface area contributed by atoms with Gasteiger partial charge in [-0.25, -0.2) is 4.79 Å². The summed E-state index contributed by atoms with van der Waals surface area (Å²) in [5.41, 5.74) is 4.25. The summed E-state index contributed by atoms with van der Waals surface area (Å²) in [5, 5.41) is 2.61. The van der Waals surface area contributed by atoms with Gasteiger partial charge in [0, 0.05) is 36.1 Å². The summed E-state index contributed by atoms with van der Waals surface area (Å²) >= 11 is 0. The molecule has 0 aliphatic heterocycles. The molecule has 0 radical (unpaired) electrons. The van der Waals surface area contributed by atoms with Crippen molar-refractivity contribution in [1.82, 2.24) is 4.57 Å². The Bertz CT molecular complexity index is 1080. The van der Waals surface area contributed by atoms with Crippen molar-refractivity contribution in [1.29, 1.82) is 0 Å². The number of amides is 1. The first-order valence-electron chi connectivity index (χ1n) is 9.64. The fourth-order valence-corrected chi connectivity index (χ4v) is 3.31. The van der Waals surface area contributed by atoms with Crippen LogP contribution in [0.25, 0.3) is 0 Å². The van der Waals surface area contributed by atoms with Gasteiger partial charge in [-0.2, -0.15) is 0 Å². The van der Waals surface area contributed by atoms with Crippen LogP contribution in [0.3, 0.4) is 0 Å². The van der Waals surface area contributed by atoms with Crippen molar-refractivity contribution >= 4 is 23.3 Å². The number of nitrogens with zero attached hydrogens (tertiary/aromatic N) is 1. The second-order valence-electron chi connectivity index (χ2n) is 7.12. The zero-order valence-electron chi connectivity index (χ0n) is 17.3. The van der Waals surface area contributed by atoms with Crippen molar-refractivity contribution in [3.05, 3.63) is 88.7 Å². The summed E-state index contributed by atoms with van der Waals surface area (Å²) in [6, 6.07) is 18.2. The van der Waals surface area contributed by atoms with Gasteiger partial charge in [-0.05, 0) is 43.7 Å². The molecule has 0 fully saturated rings. The van der Waals surface area contributed by atoms with E-state index in [0.29, 0.717) is 17.8 Å². The van der Waals surface area contributed by atoms with Crippen molar-refractivity contribution in [3.8, 4) is 0 Å². The van der Waals surface area contributed by atoms with Gasteiger partial charge in [0.1, 0.15) is 0 Å². The predicted molar refractivity (Wildman–Crippen MR) is 115 cm³/mol. The number of hydrogen-bond donors (Lipinski definition) is 1. The lowest BCUT2D eigenvalue weighted by Gasteiger charge is -2.10. The van der Waals surface area contributed by atoms with E-state index < -0.39 is 5.97 Å². The van der Waals surface area contributed by atoms with Crippen molar-refractivity contribution in [2.24, 2.45) is 0 Å². The zero-order valence-corrected chi connectivity index (χ0v) is 17.3. The molecule has 6 nitrogen and oxygen atoms in total. The lowest BCUT2D eigenvalue weighted by atomic mass is 10.1. The summed E-state index contributed by atoms with van der Waals surface area (Å²) in [7, 11) is 0. The maximum absolute atomic E-state index is 12.7. The van der Waals surface area contributed by atoms with E-state index in [1.54, 1.807) is 18.2 Å². The van der Waals surface area contributed by atoms with Gasteiger partial charge in [-0.3, -0.25) is 9.59 Å². The van der Waals surface area contributed by atoms with Gasteiger partial charge < -0.3 is 14.6 Å². The maximum atomic E-state index is 12.7. The number of benzene rings is 2. The molecule has 0 atom stereocenters. The molecular weight excluding hydrogens is 380 g/mol. The highest BCUT2D eigenvalue weighted by molar-refractivity contribution is 6.00. The van der Waals surface area contributed by atoms with Crippen LogP contribution in [0.5, 0.6) is 0 Å². The molecule has 0 spiro atoms. The Morgan fingerprint density at radius 1 is 0.967 bits per heavy atom. The van der Waals surface area contributed by atoms with Crippen LogP contribution in [0.2, 0.25) is 0 Å². The van der Waals surface area contributed by atoms with E-state index in [2.05, 4.69) is 9.88 Å². The molecule has 30 heavy (non-hydrogen) atoms. The molecular formula is C24H24N2O4. The normalized spacial score (nSPS) is 10.5. The van der Waals surface area contributed by atoms with Crippen LogP contribution in [0.15, 0.2) is 60.7 Å². The van der Waals surface area contributed by atoms with Crippen molar-refractivity contribution < 1.29 is 19.1 Å². The number of rotatable bonds is 7. The van der Waals surface area contributed by atoms with Gasteiger partial charge in [0.15, 0.2) is 6.61 Å². The number of Topliss-reactive ketones (excluding diaryl/α,β-unsaturated/α-hetero) is 1. The molecule has 1 amide bonds. The number of aryl methyl sites for hydroxylation is 1. The molecule has 154 valence electrons. The molecule has 6 heteroatoms. The number of carbonyl (C=O) groups is 3. The summed E-state index contributed by atoms with van der Waals surface area (Å²) in [4.78, 5) is 36.2. The minimum Gasteiger partial charge on any atom is -0.454 e. The number of anilines is 1. The van der Waals surface area contributed by atoms with E-state index in [4.69, 9.17) is 4.74 Å². The number of ketones is 1. The fraction of sp³-hybridized carbons (Fsp3) is 0.208. The van der Waals surface area contributed by atoms with Crippen LogP contribution in [-0.4, -0.2) is 28.8 Å². The molecule has 0 saturated heterocycles. The minimum atomic E-state index is -0.617. The largest absolute Gasteiger partial charge is 0.454 e. The number of carbonyl (C=O) groups excluding carboxylic acids is 3. The highest BCUT2D eigenvalue weighted by atomic mass is 16.5. The van der Waals surface area contributed by atoms with Crippen LogP contribution in [0, 0.1) is 13.8 Å². The second kappa shape index (κ2) is 9.22. The van der Waals surface area contributed by atoms with E-state index in [-0.39, 0.29) is 23.9 Å². The van der Waals surface area contributed by atoms with Crippen LogP contribution in [-0.2, 0) is 16.1 Å². The maximum Gasteiger partial charge on any atom is 0.338 e. The van der Waals surface area contributed by atoms with E-state index >= 15 is 0 Å². The molecule has 0 aliphatic carbocycles. The van der Waals surface area contributed by atoms with E-state index in [0.717, 1.165) is 17.0 Å². The van der Waals surface area contributed by atoms with Crippen molar-refractivity contribution in [2.75, 3.05) is 11.9 Å². The van der Waals surface area contributed by atoms with E-state index in [1.165, 1.54) is 13.0 Å². The average Bonchev–Trinajstić information content (AvgIpc) is 3.00. The fourth-order valence-electron chi connectivity index (χ4n) is 3.31. The molecule has 0 aliphatic rings. The Hall–Kier alpha value is -3.67. The Morgan fingerprint density at radius 3 is 2.40 bits per heavy atom. The summed E-state index contributed by atoms with van der Waals surface area (Å²) in [5.74, 6) is -1.11. The predicted octanol–water partition coefficient (Wildman–Crippen LogP) is 4.15. The third-order valence-corrected chi connectivity index (χ3v) is 4.81. The Morgan fingerprint density at radius 2 is 1.70 bits per heavy atom. The van der Waals surface area contributed by atoms with Gasteiger partial charge in [0.2, 0.25) is 11.7 Å². The molecule has 1 N–H and O–H groups in total. The summed E-state index contributed by atoms with van der Waals surface area (Å²) in [6.45, 7) is 5.55. The topological polar surface area (TPSA) is 77.4 Å². The highest BCUT2D eigenvalue weighted by Gasteiger charge is 2.18. The summed E-state index contributed by atoms with van der Waals surface area (Å²) in [6.07, 6.45) is 0. The smallest absolute Gasteiger partial charge is 0.338 e. The molecule has 3 aromatic rings.